The fourth-order valence-corrected chi connectivity index (χ4v) is 4.04. The number of halogens is 2. The van der Waals surface area contributed by atoms with E-state index in [9.17, 15) is 18.0 Å². The number of hydrogen-bond acceptors (Lipinski definition) is 6. The van der Waals surface area contributed by atoms with Gasteiger partial charge in [-0.15, -0.1) is 0 Å². The van der Waals surface area contributed by atoms with Crippen LogP contribution in [0.1, 0.15) is 27.9 Å². The van der Waals surface area contributed by atoms with E-state index in [4.69, 9.17) is 38.2 Å². The molecular weight excluding hydrogens is 513 g/mol. The molecule has 3 aromatic carbocycles. The van der Waals surface area contributed by atoms with Crippen LogP contribution in [0.3, 0.4) is 0 Å². The van der Waals surface area contributed by atoms with E-state index in [1.165, 1.54) is 18.2 Å². The van der Waals surface area contributed by atoms with E-state index in [1.807, 2.05) is 30.3 Å². The number of ether oxygens (including phenoxy) is 1. The number of Topliss-reactive ketones (excluding diaryl/α,β-unsaturated/α-hetero) is 1. The molecule has 3 aromatic rings. The van der Waals surface area contributed by atoms with Gasteiger partial charge in [-0.25, -0.2) is 4.79 Å². The van der Waals surface area contributed by atoms with Gasteiger partial charge in [0.05, 0.1) is 21.5 Å². The van der Waals surface area contributed by atoms with Crippen LogP contribution in [0.4, 0.5) is 0 Å². The lowest BCUT2D eigenvalue weighted by molar-refractivity contribution is -0.123. The highest BCUT2D eigenvalue weighted by atomic mass is 35.5. The van der Waals surface area contributed by atoms with Gasteiger partial charge in [0.25, 0.3) is 10.1 Å². The number of nitrogens with two attached hydrogens (primary N) is 1. The van der Waals surface area contributed by atoms with Gasteiger partial charge in [-0.2, -0.15) is 8.42 Å². The fourth-order valence-electron chi connectivity index (χ4n) is 2.95. The summed E-state index contributed by atoms with van der Waals surface area (Å²) in [4.78, 5) is 23.9. The standard InChI is InChI=1S/C18H17Cl2NO3.C7H8O3S/c19-13-7-8-15(20)14(10-13)18(23)24-11-17(22)16(21)9-6-12-4-2-1-3-5-12;1-6-4-2-3-5-7(6)11(8,9)10/h1-5,7-8,10,16H,6,9,11,21H2;2-5H,1H3,(H,8,9,10)/t16-;/m0./s1. The van der Waals surface area contributed by atoms with Gasteiger partial charge in [0.1, 0.15) is 0 Å². The summed E-state index contributed by atoms with van der Waals surface area (Å²) in [5.74, 6) is -1.04. The third kappa shape index (κ3) is 9.43. The van der Waals surface area contributed by atoms with E-state index in [2.05, 4.69) is 0 Å². The Bertz CT molecular complexity index is 1270. The quantitative estimate of drug-likeness (QED) is 0.308. The van der Waals surface area contributed by atoms with Gasteiger partial charge < -0.3 is 10.5 Å². The van der Waals surface area contributed by atoms with Crippen molar-refractivity contribution >= 4 is 45.1 Å². The number of esters is 1. The summed E-state index contributed by atoms with van der Waals surface area (Å²) in [6.07, 6.45) is 1.17. The van der Waals surface area contributed by atoms with Gasteiger partial charge in [0.15, 0.2) is 12.4 Å². The lowest BCUT2D eigenvalue weighted by Crippen LogP contribution is -2.34. The van der Waals surface area contributed by atoms with E-state index in [-0.39, 0.29) is 21.3 Å². The molecule has 3 rings (SSSR count). The maximum atomic E-state index is 12.0. The molecule has 0 fully saturated rings. The SMILES string of the molecule is Cc1ccccc1S(=O)(=O)O.N[C@@H](CCc1ccccc1)C(=O)COC(=O)c1cc(Cl)ccc1Cl. The molecule has 0 unspecified atom stereocenters. The minimum Gasteiger partial charge on any atom is -0.454 e. The molecule has 0 aromatic heterocycles. The Morgan fingerprint density at radius 1 is 1.00 bits per heavy atom. The molecule has 0 saturated heterocycles. The molecule has 186 valence electrons. The minimum atomic E-state index is -4.03. The highest BCUT2D eigenvalue weighted by Crippen LogP contribution is 2.21. The molecule has 0 bridgehead atoms. The van der Waals surface area contributed by atoms with E-state index < -0.39 is 28.7 Å². The molecule has 35 heavy (non-hydrogen) atoms. The number of ketones is 1. The molecule has 0 saturated carbocycles. The Morgan fingerprint density at radius 3 is 2.23 bits per heavy atom. The summed E-state index contributed by atoms with van der Waals surface area (Å²) in [5.41, 5.74) is 7.63. The van der Waals surface area contributed by atoms with Crippen LogP contribution >= 0.6 is 23.2 Å². The van der Waals surface area contributed by atoms with Crippen molar-refractivity contribution in [2.45, 2.75) is 30.7 Å². The van der Waals surface area contributed by atoms with Crippen molar-refractivity contribution in [3.8, 4) is 0 Å². The molecule has 0 amide bonds. The first-order valence-electron chi connectivity index (χ1n) is 10.5. The Morgan fingerprint density at radius 2 is 1.63 bits per heavy atom. The summed E-state index contributed by atoms with van der Waals surface area (Å²) in [5, 5.41) is 0.572. The van der Waals surface area contributed by atoms with E-state index in [1.54, 1.807) is 31.2 Å². The lowest BCUT2D eigenvalue weighted by Gasteiger charge is -2.11. The summed E-state index contributed by atoms with van der Waals surface area (Å²) in [7, 11) is -4.03. The van der Waals surface area contributed by atoms with Crippen LogP contribution in [0.2, 0.25) is 10.0 Å². The number of benzene rings is 3. The third-order valence-electron chi connectivity index (χ3n) is 4.87. The molecule has 3 N–H and O–H groups in total. The van der Waals surface area contributed by atoms with Crippen LogP contribution in [0, 0.1) is 6.92 Å². The highest BCUT2D eigenvalue weighted by molar-refractivity contribution is 7.85. The summed E-state index contributed by atoms with van der Waals surface area (Å²) < 4.78 is 34.8. The second kappa shape index (κ2) is 13.4. The monoisotopic (exact) mass is 537 g/mol. The molecule has 0 aliphatic rings. The van der Waals surface area contributed by atoms with Gasteiger partial charge in [-0.05, 0) is 55.2 Å². The van der Waals surface area contributed by atoms with Gasteiger partial charge >= 0.3 is 5.97 Å². The lowest BCUT2D eigenvalue weighted by atomic mass is 10.0. The Labute approximate surface area is 214 Å². The van der Waals surface area contributed by atoms with Gasteiger partial charge in [-0.1, -0.05) is 71.7 Å². The fraction of sp³-hybridized carbons (Fsp3) is 0.200. The van der Waals surface area contributed by atoms with Crippen LogP contribution in [-0.2, 0) is 26.1 Å². The zero-order valence-corrected chi connectivity index (χ0v) is 21.2. The summed E-state index contributed by atoms with van der Waals surface area (Å²) >= 11 is 11.7. The Kier molecular flexibility index (Phi) is 10.9. The predicted molar refractivity (Wildman–Crippen MR) is 135 cm³/mol. The van der Waals surface area contributed by atoms with Crippen molar-refractivity contribution < 1.29 is 27.3 Å². The molecule has 0 aliphatic carbocycles. The number of carbonyl (C=O) groups is 2. The summed E-state index contributed by atoms with van der Waals surface area (Å²) in [6.45, 7) is 1.24. The zero-order valence-electron chi connectivity index (χ0n) is 18.9. The van der Waals surface area contributed by atoms with Crippen molar-refractivity contribution in [1.82, 2.24) is 0 Å². The normalized spacial score (nSPS) is 11.7. The van der Waals surface area contributed by atoms with Crippen LogP contribution in [0.15, 0.2) is 77.7 Å². The smallest absolute Gasteiger partial charge is 0.340 e. The molecule has 0 aliphatic heterocycles. The second-order valence-electron chi connectivity index (χ2n) is 7.54. The van der Waals surface area contributed by atoms with Crippen LogP contribution < -0.4 is 5.73 Å². The van der Waals surface area contributed by atoms with Crippen LogP contribution in [0.25, 0.3) is 0 Å². The molecule has 0 radical (unpaired) electrons. The van der Waals surface area contributed by atoms with Crippen molar-refractivity contribution in [3.63, 3.8) is 0 Å². The number of rotatable bonds is 8. The average Bonchev–Trinajstić information content (AvgIpc) is 2.83. The molecule has 0 heterocycles. The molecular formula is C25H25Cl2NO6S. The molecule has 10 heteroatoms. The predicted octanol–water partition coefficient (Wildman–Crippen LogP) is 4.92. The Balaban J connectivity index is 0.000000328. The van der Waals surface area contributed by atoms with E-state index in [0.29, 0.717) is 23.4 Å². The van der Waals surface area contributed by atoms with E-state index >= 15 is 0 Å². The number of carbonyl (C=O) groups excluding carboxylic acids is 2. The second-order valence-corrected chi connectivity index (χ2v) is 9.77. The first-order valence-corrected chi connectivity index (χ1v) is 12.7. The van der Waals surface area contributed by atoms with Gasteiger partial charge in [0, 0.05) is 5.02 Å². The maximum Gasteiger partial charge on any atom is 0.340 e. The van der Waals surface area contributed by atoms with Gasteiger partial charge in [-0.3, -0.25) is 9.35 Å². The first-order chi connectivity index (χ1) is 16.5. The van der Waals surface area contributed by atoms with Crippen LogP contribution in [0.5, 0.6) is 0 Å². The average molecular weight is 538 g/mol. The third-order valence-corrected chi connectivity index (χ3v) is 6.44. The highest BCUT2D eigenvalue weighted by Gasteiger charge is 2.18. The Hall–Kier alpha value is -2.75. The molecule has 1 atom stereocenters. The van der Waals surface area contributed by atoms with Crippen molar-refractivity contribution in [2.75, 3.05) is 6.61 Å². The number of hydrogen-bond donors (Lipinski definition) is 2. The first kappa shape index (κ1) is 28.5. The zero-order chi connectivity index (χ0) is 26.0. The number of aryl methyl sites for hydroxylation is 2. The topological polar surface area (TPSA) is 124 Å². The van der Waals surface area contributed by atoms with Crippen LogP contribution in [-0.4, -0.2) is 37.4 Å². The maximum absolute atomic E-state index is 12.0. The van der Waals surface area contributed by atoms with Crippen molar-refractivity contribution in [2.24, 2.45) is 5.73 Å². The minimum absolute atomic E-state index is 0.0278. The largest absolute Gasteiger partial charge is 0.454 e. The molecule has 0 spiro atoms. The molecule has 7 nitrogen and oxygen atoms in total. The van der Waals surface area contributed by atoms with E-state index in [0.717, 1.165) is 5.56 Å². The summed E-state index contributed by atoms with van der Waals surface area (Å²) in [6, 6.07) is 19.8. The van der Waals surface area contributed by atoms with Crippen molar-refractivity contribution in [3.05, 3.63) is 99.5 Å². The van der Waals surface area contributed by atoms with Crippen molar-refractivity contribution in [1.29, 1.82) is 0 Å². The van der Waals surface area contributed by atoms with Gasteiger partial charge in [0.2, 0.25) is 0 Å².